The van der Waals surface area contributed by atoms with Crippen LogP contribution in [0.15, 0.2) is 24.3 Å². The molecule has 0 spiro atoms. The van der Waals surface area contributed by atoms with Gasteiger partial charge in [-0.1, -0.05) is 18.6 Å². The van der Waals surface area contributed by atoms with Crippen molar-refractivity contribution in [3.63, 3.8) is 0 Å². The van der Waals surface area contributed by atoms with E-state index in [0.717, 1.165) is 48.0 Å². The van der Waals surface area contributed by atoms with Crippen LogP contribution >= 0.6 is 0 Å². The lowest BCUT2D eigenvalue weighted by Crippen LogP contribution is -2.34. The van der Waals surface area contributed by atoms with E-state index in [2.05, 4.69) is 19.1 Å². The summed E-state index contributed by atoms with van der Waals surface area (Å²) in [6, 6.07) is 4.42. The first-order chi connectivity index (χ1) is 15.1. The maximum Gasteiger partial charge on any atom is 0.144 e. The van der Waals surface area contributed by atoms with Gasteiger partial charge in [0.25, 0.3) is 0 Å². The summed E-state index contributed by atoms with van der Waals surface area (Å²) in [5.74, 6) is 3.31. The van der Waals surface area contributed by atoms with E-state index in [-0.39, 0.29) is 5.92 Å². The molecule has 0 bridgehead atoms. The van der Waals surface area contributed by atoms with E-state index in [4.69, 9.17) is 5.26 Å². The van der Waals surface area contributed by atoms with Crippen molar-refractivity contribution in [1.82, 2.24) is 0 Å². The topological polar surface area (TPSA) is 23.8 Å². The van der Waals surface area contributed by atoms with Gasteiger partial charge in [0.15, 0.2) is 0 Å². The standard InChI is InChI=1S/C28H37F2N/c1-2-3-4-5-19-6-7-24-15-23(13-12-22(24)14-19)20-8-10-21(11-9-20)25-16-27(29)26(18-31)28(30)17-25/h2-3,16-17,19-24H,4-15H2,1H3/b3-2+. The van der Waals surface area contributed by atoms with Crippen LogP contribution in [-0.4, -0.2) is 0 Å². The fourth-order valence-electron chi connectivity index (χ4n) is 7.07. The molecule has 1 aromatic carbocycles. The zero-order chi connectivity index (χ0) is 21.8. The molecule has 3 aliphatic carbocycles. The molecular formula is C28H37F2N. The SMILES string of the molecule is C/C=C/CCC1CCC2CC(C3CCC(c4cc(F)c(C#N)c(F)c4)CC3)CCC2C1. The van der Waals surface area contributed by atoms with Gasteiger partial charge in [-0.15, -0.1) is 0 Å². The Morgan fingerprint density at radius 1 is 0.871 bits per heavy atom. The Kier molecular flexibility index (Phi) is 7.47. The predicted molar refractivity (Wildman–Crippen MR) is 121 cm³/mol. The molecule has 168 valence electrons. The maximum atomic E-state index is 14.0. The number of hydrogen-bond acceptors (Lipinski definition) is 1. The van der Waals surface area contributed by atoms with E-state index in [9.17, 15) is 8.78 Å². The summed E-state index contributed by atoms with van der Waals surface area (Å²) in [6.45, 7) is 2.12. The van der Waals surface area contributed by atoms with Crippen LogP contribution < -0.4 is 0 Å². The first kappa shape index (κ1) is 22.5. The van der Waals surface area contributed by atoms with Gasteiger partial charge in [0.1, 0.15) is 23.3 Å². The molecule has 0 radical (unpaired) electrons. The maximum absolute atomic E-state index is 14.0. The number of rotatable bonds is 5. The third-order valence-electron chi connectivity index (χ3n) is 8.83. The van der Waals surface area contributed by atoms with Crippen molar-refractivity contribution < 1.29 is 8.78 Å². The van der Waals surface area contributed by atoms with Crippen molar-refractivity contribution in [2.75, 3.05) is 0 Å². The number of benzene rings is 1. The molecule has 0 saturated heterocycles. The number of fused-ring (bicyclic) bond motifs is 1. The van der Waals surface area contributed by atoms with Gasteiger partial charge < -0.3 is 0 Å². The van der Waals surface area contributed by atoms with E-state index in [1.54, 1.807) is 6.07 Å². The van der Waals surface area contributed by atoms with E-state index >= 15 is 0 Å². The minimum Gasteiger partial charge on any atom is -0.205 e. The lowest BCUT2D eigenvalue weighted by Gasteiger charge is -2.45. The molecule has 3 fully saturated rings. The molecule has 3 heteroatoms. The molecule has 4 atom stereocenters. The second-order valence-electron chi connectivity index (χ2n) is 10.5. The highest BCUT2D eigenvalue weighted by atomic mass is 19.1. The van der Waals surface area contributed by atoms with Crippen LogP contribution in [0.1, 0.15) is 101 Å². The normalized spacial score (nSPS) is 33.7. The third kappa shape index (κ3) is 5.21. The zero-order valence-corrected chi connectivity index (χ0v) is 19.0. The summed E-state index contributed by atoms with van der Waals surface area (Å²) in [7, 11) is 0. The predicted octanol–water partition coefficient (Wildman–Crippen LogP) is 8.30. The highest BCUT2D eigenvalue weighted by Gasteiger charge is 2.38. The van der Waals surface area contributed by atoms with Crippen LogP contribution in [0.4, 0.5) is 8.78 Å². The number of hydrogen-bond donors (Lipinski definition) is 0. The summed E-state index contributed by atoms with van der Waals surface area (Å²) in [6.07, 6.45) is 20.1. The molecule has 0 amide bonds. The largest absolute Gasteiger partial charge is 0.205 e. The monoisotopic (exact) mass is 425 g/mol. The van der Waals surface area contributed by atoms with Gasteiger partial charge in [-0.05, 0) is 131 Å². The van der Waals surface area contributed by atoms with Crippen molar-refractivity contribution in [2.45, 2.75) is 89.9 Å². The van der Waals surface area contributed by atoms with Crippen LogP contribution in [0.3, 0.4) is 0 Å². The molecule has 31 heavy (non-hydrogen) atoms. The first-order valence-corrected chi connectivity index (χ1v) is 12.6. The second-order valence-corrected chi connectivity index (χ2v) is 10.5. The van der Waals surface area contributed by atoms with Crippen LogP contribution in [0.2, 0.25) is 0 Å². The molecule has 3 aliphatic rings. The van der Waals surface area contributed by atoms with Gasteiger partial charge in [0.2, 0.25) is 0 Å². The Balaban J connectivity index is 1.28. The lowest BCUT2D eigenvalue weighted by atomic mass is 9.60. The molecule has 0 N–H and O–H groups in total. The lowest BCUT2D eigenvalue weighted by molar-refractivity contribution is 0.0621. The highest BCUT2D eigenvalue weighted by Crippen LogP contribution is 2.50. The Hall–Kier alpha value is -1.69. The van der Waals surface area contributed by atoms with E-state index in [1.165, 1.54) is 76.3 Å². The minimum atomic E-state index is -0.709. The van der Waals surface area contributed by atoms with Crippen LogP contribution in [-0.2, 0) is 0 Å². The Morgan fingerprint density at radius 3 is 2.10 bits per heavy atom. The van der Waals surface area contributed by atoms with Crippen molar-refractivity contribution in [1.29, 1.82) is 5.26 Å². The van der Waals surface area contributed by atoms with Crippen LogP contribution in [0.25, 0.3) is 0 Å². The molecule has 1 nitrogen and oxygen atoms in total. The molecule has 4 unspecified atom stereocenters. The van der Waals surface area contributed by atoms with Crippen molar-refractivity contribution >= 4 is 0 Å². The van der Waals surface area contributed by atoms with Gasteiger partial charge >= 0.3 is 0 Å². The summed E-state index contributed by atoms with van der Waals surface area (Å²) in [5.41, 5.74) is 0.290. The average Bonchev–Trinajstić information content (AvgIpc) is 2.79. The number of nitrogens with zero attached hydrogens (tertiary/aromatic N) is 1. The smallest absolute Gasteiger partial charge is 0.144 e. The van der Waals surface area contributed by atoms with Gasteiger partial charge in [-0.2, -0.15) is 5.26 Å². The molecule has 0 heterocycles. The molecule has 0 aliphatic heterocycles. The minimum absolute atomic E-state index is 0.233. The summed E-state index contributed by atoms with van der Waals surface area (Å²) in [5, 5.41) is 8.89. The Labute approximate surface area is 186 Å². The second kappa shape index (κ2) is 10.3. The van der Waals surface area contributed by atoms with Gasteiger partial charge in [0, 0.05) is 0 Å². The fourth-order valence-corrected chi connectivity index (χ4v) is 7.07. The fraction of sp³-hybridized carbons (Fsp3) is 0.679. The van der Waals surface area contributed by atoms with Crippen molar-refractivity contribution in [2.24, 2.45) is 29.6 Å². The highest BCUT2D eigenvalue weighted by molar-refractivity contribution is 5.36. The Bertz CT molecular complexity index is 792. The van der Waals surface area contributed by atoms with Crippen LogP contribution in [0, 0.1) is 52.6 Å². The van der Waals surface area contributed by atoms with Gasteiger partial charge in [-0.25, -0.2) is 8.78 Å². The van der Waals surface area contributed by atoms with Crippen LogP contribution in [0.5, 0.6) is 0 Å². The van der Waals surface area contributed by atoms with Gasteiger partial charge in [0.05, 0.1) is 0 Å². The molecule has 0 aromatic heterocycles. The van der Waals surface area contributed by atoms with Gasteiger partial charge in [-0.3, -0.25) is 0 Å². The van der Waals surface area contributed by atoms with Crippen molar-refractivity contribution in [3.05, 3.63) is 47.0 Å². The third-order valence-corrected chi connectivity index (χ3v) is 8.83. The zero-order valence-electron chi connectivity index (χ0n) is 19.0. The Morgan fingerprint density at radius 2 is 1.45 bits per heavy atom. The molecular weight excluding hydrogens is 388 g/mol. The number of halogens is 2. The summed E-state index contributed by atoms with van der Waals surface area (Å²) >= 11 is 0. The van der Waals surface area contributed by atoms with E-state index in [1.807, 2.05) is 0 Å². The molecule has 1 aromatic rings. The average molecular weight is 426 g/mol. The first-order valence-electron chi connectivity index (χ1n) is 12.6. The number of nitriles is 1. The van der Waals surface area contributed by atoms with E-state index < -0.39 is 17.2 Å². The quantitative estimate of drug-likeness (QED) is 0.435. The molecule has 4 rings (SSSR count). The number of allylic oxidation sites excluding steroid dienone is 2. The summed E-state index contributed by atoms with van der Waals surface area (Å²) in [4.78, 5) is 0. The summed E-state index contributed by atoms with van der Waals surface area (Å²) < 4.78 is 28.1. The van der Waals surface area contributed by atoms with Crippen molar-refractivity contribution in [3.8, 4) is 6.07 Å². The molecule has 3 saturated carbocycles. The van der Waals surface area contributed by atoms with E-state index in [0.29, 0.717) is 0 Å².